The van der Waals surface area contributed by atoms with Gasteiger partial charge in [-0.3, -0.25) is 9.59 Å². The predicted octanol–water partition coefficient (Wildman–Crippen LogP) is 2.02. The number of rotatable bonds is 3. The molecular weight excluding hydrogens is 218 g/mol. The van der Waals surface area contributed by atoms with E-state index in [2.05, 4.69) is 0 Å². The second-order valence-electron chi connectivity index (χ2n) is 4.09. The van der Waals surface area contributed by atoms with E-state index in [4.69, 9.17) is 4.74 Å². The van der Waals surface area contributed by atoms with Crippen LogP contribution in [0.5, 0.6) is 5.75 Å². The third kappa shape index (κ3) is 2.02. The molecule has 1 atom stereocenters. The van der Waals surface area contributed by atoms with Crippen molar-refractivity contribution in [3.8, 4) is 5.75 Å². The molecule has 1 aliphatic rings. The molecule has 0 radical (unpaired) electrons. The van der Waals surface area contributed by atoms with Crippen molar-refractivity contribution < 1.29 is 14.3 Å². The number of anilines is 1. The Balaban J connectivity index is 2.47. The molecule has 0 fully saturated rings. The lowest BCUT2D eigenvalue weighted by Gasteiger charge is -2.33. The molecule has 0 N–H and O–H groups in total. The van der Waals surface area contributed by atoms with Gasteiger partial charge < -0.3 is 9.64 Å². The van der Waals surface area contributed by atoms with Crippen molar-refractivity contribution in [3.63, 3.8) is 0 Å². The van der Waals surface area contributed by atoms with Crippen LogP contribution in [0.2, 0.25) is 0 Å². The Hall–Kier alpha value is -1.84. The van der Waals surface area contributed by atoms with Crippen molar-refractivity contribution in [1.29, 1.82) is 0 Å². The van der Waals surface area contributed by atoms with Gasteiger partial charge in [-0.2, -0.15) is 0 Å². The summed E-state index contributed by atoms with van der Waals surface area (Å²) in [5, 5.41) is 0. The summed E-state index contributed by atoms with van der Waals surface area (Å²) in [6, 6.07) is 5.13. The molecular formula is C13H15NO3. The topological polar surface area (TPSA) is 46.6 Å². The number of hydrogen-bond acceptors (Lipinski definition) is 3. The molecule has 0 aromatic heterocycles. The number of nitrogens with zero attached hydrogens (tertiary/aromatic N) is 1. The Bertz CT molecular complexity index is 456. The fourth-order valence-electron chi connectivity index (χ4n) is 1.95. The van der Waals surface area contributed by atoms with Gasteiger partial charge in [0.25, 0.3) is 5.91 Å². The Morgan fingerprint density at radius 3 is 2.88 bits per heavy atom. The first-order valence-corrected chi connectivity index (χ1v) is 5.74. The van der Waals surface area contributed by atoms with Crippen molar-refractivity contribution in [2.45, 2.75) is 26.4 Å². The summed E-state index contributed by atoms with van der Waals surface area (Å²) in [4.78, 5) is 24.4. The lowest BCUT2D eigenvalue weighted by Crippen LogP contribution is -2.44. The van der Waals surface area contributed by atoms with Gasteiger partial charge in [0.2, 0.25) is 0 Å². The summed E-state index contributed by atoms with van der Waals surface area (Å²) in [5.41, 5.74) is 1.25. The highest BCUT2D eigenvalue weighted by molar-refractivity contribution is 6.00. The van der Waals surface area contributed by atoms with E-state index < -0.39 is 6.10 Å². The zero-order valence-corrected chi connectivity index (χ0v) is 9.97. The monoisotopic (exact) mass is 233 g/mol. The average Bonchev–Trinajstić information content (AvgIpc) is 2.34. The summed E-state index contributed by atoms with van der Waals surface area (Å²) in [7, 11) is 0. The molecule has 4 heteroatoms. The third-order valence-electron chi connectivity index (χ3n) is 2.77. The van der Waals surface area contributed by atoms with Gasteiger partial charge in [-0.05, 0) is 31.5 Å². The molecule has 1 heterocycles. The minimum absolute atomic E-state index is 0.0533. The van der Waals surface area contributed by atoms with E-state index in [1.165, 1.54) is 0 Å². The van der Waals surface area contributed by atoms with Crippen molar-refractivity contribution in [2.75, 3.05) is 11.4 Å². The molecule has 17 heavy (non-hydrogen) atoms. The molecule has 1 aliphatic heterocycles. The Morgan fingerprint density at radius 1 is 1.47 bits per heavy atom. The summed E-state index contributed by atoms with van der Waals surface area (Å²) >= 11 is 0. The molecule has 0 aliphatic carbocycles. The minimum Gasteiger partial charge on any atom is -0.479 e. The second-order valence-corrected chi connectivity index (χ2v) is 4.09. The van der Waals surface area contributed by atoms with Gasteiger partial charge in [0.15, 0.2) is 6.10 Å². The fraction of sp³-hybridized carbons (Fsp3) is 0.385. The first-order chi connectivity index (χ1) is 8.17. The molecule has 1 unspecified atom stereocenters. The Morgan fingerprint density at radius 2 is 2.24 bits per heavy atom. The molecule has 1 aromatic rings. The minimum atomic E-state index is -0.462. The van der Waals surface area contributed by atoms with E-state index in [0.717, 1.165) is 12.7 Å². The van der Waals surface area contributed by atoms with Gasteiger partial charge in [-0.25, -0.2) is 0 Å². The first kappa shape index (κ1) is 11.6. The van der Waals surface area contributed by atoms with Crippen LogP contribution in [0.3, 0.4) is 0 Å². The SMILES string of the molecule is CCCN1C(=O)C(C)Oc2ccc(C=O)cc21. The summed E-state index contributed by atoms with van der Waals surface area (Å²) in [6.07, 6.45) is 1.17. The summed E-state index contributed by atoms with van der Waals surface area (Å²) in [6.45, 7) is 4.39. The number of aldehydes is 1. The highest BCUT2D eigenvalue weighted by Crippen LogP contribution is 2.34. The van der Waals surface area contributed by atoms with E-state index in [0.29, 0.717) is 23.5 Å². The maximum Gasteiger partial charge on any atom is 0.267 e. The van der Waals surface area contributed by atoms with Crippen LogP contribution in [0, 0.1) is 0 Å². The summed E-state index contributed by atoms with van der Waals surface area (Å²) in [5.74, 6) is 0.610. The van der Waals surface area contributed by atoms with Crippen LogP contribution in [0.15, 0.2) is 18.2 Å². The van der Waals surface area contributed by atoms with Gasteiger partial charge in [0.05, 0.1) is 5.69 Å². The van der Waals surface area contributed by atoms with Gasteiger partial charge in [0, 0.05) is 12.1 Å². The van der Waals surface area contributed by atoms with E-state index in [9.17, 15) is 9.59 Å². The maximum atomic E-state index is 12.0. The largest absolute Gasteiger partial charge is 0.479 e. The van der Waals surface area contributed by atoms with Gasteiger partial charge in [0.1, 0.15) is 12.0 Å². The Kier molecular flexibility index (Phi) is 3.13. The number of hydrogen-bond donors (Lipinski definition) is 0. The number of benzene rings is 1. The normalized spacial score (nSPS) is 18.6. The maximum absolute atomic E-state index is 12.0. The quantitative estimate of drug-likeness (QED) is 0.750. The first-order valence-electron chi connectivity index (χ1n) is 5.74. The van der Waals surface area contributed by atoms with Crippen molar-refractivity contribution in [1.82, 2.24) is 0 Å². The average molecular weight is 233 g/mol. The van der Waals surface area contributed by atoms with Crippen molar-refractivity contribution in [3.05, 3.63) is 23.8 Å². The second kappa shape index (κ2) is 4.57. The number of carbonyl (C=O) groups is 2. The third-order valence-corrected chi connectivity index (χ3v) is 2.77. The van der Waals surface area contributed by atoms with Crippen LogP contribution < -0.4 is 9.64 Å². The standard InChI is InChI=1S/C13H15NO3/c1-3-6-14-11-7-10(8-15)4-5-12(11)17-9(2)13(14)16/h4-5,7-9H,3,6H2,1-2H3. The molecule has 1 amide bonds. The molecule has 90 valence electrons. The van der Waals surface area contributed by atoms with Gasteiger partial charge in [-0.1, -0.05) is 6.92 Å². The van der Waals surface area contributed by atoms with Crippen LogP contribution in [-0.2, 0) is 4.79 Å². The van der Waals surface area contributed by atoms with Crippen LogP contribution in [0.4, 0.5) is 5.69 Å². The Labute approximate surface area is 100 Å². The van der Waals surface area contributed by atoms with Crippen LogP contribution in [-0.4, -0.2) is 24.8 Å². The van der Waals surface area contributed by atoms with Crippen molar-refractivity contribution in [2.24, 2.45) is 0 Å². The number of fused-ring (bicyclic) bond motifs is 1. The van der Waals surface area contributed by atoms with Gasteiger partial charge in [-0.15, -0.1) is 0 Å². The number of carbonyl (C=O) groups excluding carboxylic acids is 2. The van der Waals surface area contributed by atoms with Crippen LogP contribution >= 0.6 is 0 Å². The number of ether oxygens (including phenoxy) is 1. The molecule has 0 saturated carbocycles. The zero-order valence-electron chi connectivity index (χ0n) is 9.97. The number of amides is 1. The van der Waals surface area contributed by atoms with E-state index in [1.807, 2.05) is 6.92 Å². The lowest BCUT2D eigenvalue weighted by atomic mass is 10.1. The molecule has 0 bridgehead atoms. The highest BCUT2D eigenvalue weighted by Gasteiger charge is 2.30. The molecule has 0 saturated heterocycles. The highest BCUT2D eigenvalue weighted by atomic mass is 16.5. The molecule has 2 rings (SSSR count). The predicted molar refractivity (Wildman–Crippen MR) is 64.6 cm³/mol. The van der Waals surface area contributed by atoms with E-state index in [1.54, 1.807) is 30.0 Å². The van der Waals surface area contributed by atoms with E-state index in [-0.39, 0.29) is 5.91 Å². The molecule has 1 aromatic carbocycles. The fourth-order valence-corrected chi connectivity index (χ4v) is 1.95. The lowest BCUT2D eigenvalue weighted by molar-refractivity contribution is -0.125. The van der Waals surface area contributed by atoms with Crippen molar-refractivity contribution >= 4 is 17.9 Å². The van der Waals surface area contributed by atoms with E-state index >= 15 is 0 Å². The van der Waals surface area contributed by atoms with Crippen LogP contribution in [0.25, 0.3) is 0 Å². The molecule has 4 nitrogen and oxygen atoms in total. The molecule has 0 spiro atoms. The smallest absolute Gasteiger partial charge is 0.267 e. The summed E-state index contributed by atoms with van der Waals surface area (Å²) < 4.78 is 5.51. The zero-order chi connectivity index (χ0) is 12.4. The van der Waals surface area contributed by atoms with Gasteiger partial charge >= 0.3 is 0 Å². The van der Waals surface area contributed by atoms with Crippen LogP contribution in [0.1, 0.15) is 30.6 Å².